The number of rotatable bonds is 5. The van der Waals surface area contributed by atoms with Crippen LogP contribution < -0.4 is 5.32 Å². The van der Waals surface area contributed by atoms with Crippen molar-refractivity contribution >= 4 is 22.4 Å². The highest BCUT2D eigenvalue weighted by atomic mass is 32.1. The monoisotopic (exact) mass is 268 g/mol. The maximum absolute atomic E-state index is 11.8. The number of anilines is 1. The SMILES string of the molecule is CCOC(=O)C1CCc2sc(NC(C)CC)nc21. The maximum Gasteiger partial charge on any atom is 0.315 e. The Morgan fingerprint density at radius 1 is 1.61 bits per heavy atom. The van der Waals surface area contributed by atoms with E-state index >= 15 is 0 Å². The van der Waals surface area contributed by atoms with Gasteiger partial charge in [-0.25, -0.2) is 4.98 Å². The molecule has 1 aromatic heterocycles. The number of esters is 1. The van der Waals surface area contributed by atoms with Gasteiger partial charge in [-0.1, -0.05) is 6.92 Å². The highest BCUT2D eigenvalue weighted by molar-refractivity contribution is 7.15. The number of hydrogen-bond acceptors (Lipinski definition) is 5. The van der Waals surface area contributed by atoms with Gasteiger partial charge in [0.25, 0.3) is 0 Å². The summed E-state index contributed by atoms with van der Waals surface area (Å²) in [4.78, 5) is 17.6. The minimum absolute atomic E-state index is 0.128. The van der Waals surface area contributed by atoms with Gasteiger partial charge < -0.3 is 10.1 Å². The third kappa shape index (κ3) is 2.66. The number of nitrogens with one attached hydrogen (secondary N) is 1. The van der Waals surface area contributed by atoms with Crippen LogP contribution in [0.15, 0.2) is 0 Å². The molecule has 0 aromatic carbocycles. The van der Waals surface area contributed by atoms with E-state index in [0.717, 1.165) is 30.1 Å². The molecule has 0 radical (unpaired) electrons. The van der Waals surface area contributed by atoms with E-state index in [-0.39, 0.29) is 11.9 Å². The number of hydrogen-bond donors (Lipinski definition) is 1. The zero-order chi connectivity index (χ0) is 13.1. The number of fused-ring (bicyclic) bond motifs is 1. The largest absolute Gasteiger partial charge is 0.465 e. The first-order chi connectivity index (χ1) is 8.65. The Morgan fingerprint density at radius 2 is 2.39 bits per heavy atom. The van der Waals surface area contributed by atoms with Crippen LogP contribution in [0.2, 0.25) is 0 Å². The molecule has 0 saturated carbocycles. The topological polar surface area (TPSA) is 51.2 Å². The molecule has 18 heavy (non-hydrogen) atoms. The van der Waals surface area contributed by atoms with E-state index in [1.807, 2.05) is 6.92 Å². The molecular weight excluding hydrogens is 248 g/mol. The first-order valence-electron chi connectivity index (χ1n) is 6.58. The summed E-state index contributed by atoms with van der Waals surface area (Å²) >= 11 is 1.67. The Bertz CT molecular complexity index is 431. The molecule has 2 rings (SSSR count). The molecule has 100 valence electrons. The van der Waals surface area contributed by atoms with Crippen LogP contribution in [0.4, 0.5) is 5.13 Å². The van der Waals surface area contributed by atoms with E-state index in [9.17, 15) is 4.79 Å². The molecule has 1 aliphatic carbocycles. The second kappa shape index (κ2) is 5.69. The highest BCUT2D eigenvalue weighted by Crippen LogP contribution is 2.39. The van der Waals surface area contributed by atoms with E-state index in [0.29, 0.717) is 12.6 Å². The predicted molar refractivity (Wildman–Crippen MR) is 73.2 cm³/mol. The van der Waals surface area contributed by atoms with Crippen molar-refractivity contribution in [3.8, 4) is 0 Å². The summed E-state index contributed by atoms with van der Waals surface area (Å²) in [5.41, 5.74) is 0.934. The van der Waals surface area contributed by atoms with Crippen LogP contribution in [0.3, 0.4) is 0 Å². The molecule has 0 fully saturated rings. The fraction of sp³-hybridized carbons (Fsp3) is 0.692. The second-order valence-electron chi connectivity index (χ2n) is 4.62. The Hall–Kier alpha value is -1.10. The van der Waals surface area contributed by atoms with Crippen LogP contribution in [0.1, 0.15) is 50.1 Å². The Kier molecular flexibility index (Phi) is 4.22. The molecule has 1 N–H and O–H groups in total. The molecule has 1 heterocycles. The van der Waals surface area contributed by atoms with E-state index in [2.05, 4.69) is 24.1 Å². The second-order valence-corrected chi connectivity index (χ2v) is 5.71. The summed E-state index contributed by atoms with van der Waals surface area (Å²) in [5.74, 6) is -0.277. The van der Waals surface area contributed by atoms with Crippen molar-refractivity contribution in [3.05, 3.63) is 10.6 Å². The van der Waals surface area contributed by atoms with Crippen molar-refractivity contribution in [3.63, 3.8) is 0 Å². The molecule has 0 amide bonds. The Balaban J connectivity index is 2.10. The summed E-state index contributed by atoms with van der Waals surface area (Å²) in [6, 6.07) is 0.414. The predicted octanol–water partition coefficient (Wildman–Crippen LogP) is 2.95. The lowest BCUT2D eigenvalue weighted by molar-refractivity contribution is -0.145. The summed E-state index contributed by atoms with van der Waals surface area (Å²) < 4.78 is 5.10. The van der Waals surface area contributed by atoms with Crippen molar-refractivity contribution in [2.75, 3.05) is 11.9 Å². The summed E-state index contributed by atoms with van der Waals surface area (Å²) in [6.45, 7) is 6.55. The minimum atomic E-state index is -0.149. The fourth-order valence-electron chi connectivity index (χ4n) is 2.07. The third-order valence-electron chi connectivity index (χ3n) is 3.27. The van der Waals surface area contributed by atoms with Gasteiger partial charge in [0.15, 0.2) is 5.13 Å². The van der Waals surface area contributed by atoms with Gasteiger partial charge in [0.05, 0.1) is 12.3 Å². The lowest BCUT2D eigenvalue weighted by atomic mass is 10.1. The Labute approximate surface area is 112 Å². The summed E-state index contributed by atoms with van der Waals surface area (Å²) in [7, 11) is 0. The van der Waals surface area contributed by atoms with E-state index in [4.69, 9.17) is 4.74 Å². The molecule has 0 aliphatic heterocycles. The van der Waals surface area contributed by atoms with Gasteiger partial charge in [-0.3, -0.25) is 4.79 Å². The van der Waals surface area contributed by atoms with E-state index in [1.165, 1.54) is 4.88 Å². The number of thiazole rings is 1. The summed E-state index contributed by atoms with van der Waals surface area (Å²) in [6.07, 6.45) is 2.85. The van der Waals surface area contributed by atoms with Crippen molar-refractivity contribution in [2.45, 2.75) is 52.0 Å². The number of carbonyl (C=O) groups is 1. The fourth-order valence-corrected chi connectivity index (χ4v) is 3.22. The van der Waals surface area contributed by atoms with Crippen molar-refractivity contribution in [1.29, 1.82) is 0 Å². The minimum Gasteiger partial charge on any atom is -0.465 e. The van der Waals surface area contributed by atoms with E-state index < -0.39 is 0 Å². The first kappa shape index (κ1) is 13.3. The van der Waals surface area contributed by atoms with Gasteiger partial charge in [0, 0.05) is 10.9 Å². The van der Waals surface area contributed by atoms with E-state index in [1.54, 1.807) is 11.3 Å². The van der Waals surface area contributed by atoms with Gasteiger partial charge >= 0.3 is 5.97 Å². The normalized spacial score (nSPS) is 19.4. The molecular formula is C13H20N2O2S. The van der Waals surface area contributed by atoms with Crippen molar-refractivity contribution < 1.29 is 9.53 Å². The van der Waals surface area contributed by atoms with Crippen LogP contribution in [-0.4, -0.2) is 23.6 Å². The average molecular weight is 268 g/mol. The molecule has 0 bridgehead atoms. The zero-order valence-electron chi connectivity index (χ0n) is 11.2. The lowest BCUT2D eigenvalue weighted by Gasteiger charge is -2.10. The Morgan fingerprint density at radius 3 is 3.06 bits per heavy atom. The van der Waals surface area contributed by atoms with Gasteiger partial charge in [0.2, 0.25) is 0 Å². The molecule has 4 nitrogen and oxygen atoms in total. The average Bonchev–Trinajstić information content (AvgIpc) is 2.88. The summed E-state index contributed by atoms with van der Waals surface area (Å²) in [5, 5.41) is 4.30. The molecule has 2 unspecified atom stereocenters. The number of nitrogens with zero attached hydrogens (tertiary/aromatic N) is 1. The molecule has 0 spiro atoms. The zero-order valence-corrected chi connectivity index (χ0v) is 12.0. The van der Waals surface area contributed by atoms with Crippen molar-refractivity contribution in [1.82, 2.24) is 4.98 Å². The molecule has 5 heteroatoms. The van der Waals surface area contributed by atoms with Crippen LogP contribution >= 0.6 is 11.3 Å². The lowest BCUT2D eigenvalue weighted by Crippen LogP contribution is -2.15. The number of carbonyl (C=O) groups excluding carboxylic acids is 1. The first-order valence-corrected chi connectivity index (χ1v) is 7.40. The quantitative estimate of drug-likeness (QED) is 0.834. The van der Waals surface area contributed by atoms with Crippen LogP contribution in [0, 0.1) is 0 Å². The molecule has 1 aliphatic rings. The molecule has 2 atom stereocenters. The van der Waals surface area contributed by atoms with Gasteiger partial charge in [-0.15, -0.1) is 11.3 Å². The highest BCUT2D eigenvalue weighted by Gasteiger charge is 2.33. The van der Waals surface area contributed by atoms with Crippen LogP contribution in [-0.2, 0) is 16.0 Å². The molecule has 1 aromatic rings. The third-order valence-corrected chi connectivity index (χ3v) is 4.33. The van der Waals surface area contributed by atoms with Gasteiger partial charge in [0.1, 0.15) is 5.92 Å². The van der Waals surface area contributed by atoms with Crippen LogP contribution in [0.25, 0.3) is 0 Å². The maximum atomic E-state index is 11.8. The van der Waals surface area contributed by atoms with Crippen LogP contribution in [0.5, 0.6) is 0 Å². The van der Waals surface area contributed by atoms with Gasteiger partial charge in [-0.2, -0.15) is 0 Å². The van der Waals surface area contributed by atoms with Crippen molar-refractivity contribution in [2.24, 2.45) is 0 Å². The standard InChI is InChI=1S/C13H20N2O2S/c1-4-8(3)14-13-15-11-9(12(16)17-5-2)6-7-10(11)18-13/h8-9H,4-7H2,1-3H3,(H,14,15). The number of ether oxygens (including phenoxy) is 1. The number of aromatic nitrogens is 1. The molecule has 0 saturated heterocycles. The number of aryl methyl sites for hydroxylation is 1. The smallest absolute Gasteiger partial charge is 0.315 e. The van der Waals surface area contributed by atoms with Gasteiger partial charge in [-0.05, 0) is 33.1 Å².